The average molecular weight is 326 g/mol. The molecule has 114 valence electrons. The fraction of sp³-hybridized carbons (Fsp3) is 0. The molecule has 0 aliphatic carbocycles. The van der Waals surface area contributed by atoms with E-state index in [0.29, 0.717) is 10.7 Å². The lowest BCUT2D eigenvalue weighted by Crippen LogP contribution is -2.09. The van der Waals surface area contributed by atoms with Gasteiger partial charge in [0.15, 0.2) is 5.69 Å². The topological polar surface area (TPSA) is 68.0 Å². The molecule has 1 heterocycles. The number of carbonyl (C=O) groups is 1. The fourth-order valence-corrected chi connectivity index (χ4v) is 2.19. The van der Waals surface area contributed by atoms with Crippen molar-refractivity contribution in [1.29, 1.82) is 0 Å². The first-order chi connectivity index (χ1) is 11.2. The highest BCUT2D eigenvalue weighted by molar-refractivity contribution is 6.32. The lowest BCUT2D eigenvalue weighted by Gasteiger charge is -2.00. The maximum Gasteiger partial charge on any atom is 0.249 e. The summed E-state index contributed by atoms with van der Waals surface area (Å²) in [5, 5.41) is 10.8. The number of amides is 1. The van der Waals surface area contributed by atoms with Gasteiger partial charge in [-0.25, -0.2) is 4.63 Å². The smallest absolute Gasteiger partial charge is 0.249 e. The summed E-state index contributed by atoms with van der Waals surface area (Å²) in [5.41, 5.74) is 2.04. The van der Waals surface area contributed by atoms with Crippen molar-refractivity contribution in [2.24, 2.45) is 0 Å². The Hall–Kier alpha value is -2.92. The zero-order valence-corrected chi connectivity index (χ0v) is 12.7. The van der Waals surface area contributed by atoms with Gasteiger partial charge in [-0.15, -0.1) is 0 Å². The van der Waals surface area contributed by atoms with Crippen molar-refractivity contribution < 1.29 is 9.42 Å². The minimum absolute atomic E-state index is 0.269. The quantitative estimate of drug-likeness (QED) is 0.735. The van der Waals surface area contributed by atoms with Crippen molar-refractivity contribution >= 4 is 29.4 Å². The zero-order valence-electron chi connectivity index (χ0n) is 11.9. The Bertz CT molecular complexity index is 844. The molecular formula is C17H12ClN3O2. The van der Waals surface area contributed by atoms with Gasteiger partial charge in [0.1, 0.15) is 0 Å². The summed E-state index contributed by atoms with van der Waals surface area (Å²) in [7, 11) is 0. The van der Waals surface area contributed by atoms with Crippen LogP contribution in [0.4, 0.5) is 5.82 Å². The Kier molecular flexibility index (Phi) is 4.49. The summed E-state index contributed by atoms with van der Waals surface area (Å²) in [6.45, 7) is 0. The Morgan fingerprint density at radius 3 is 2.57 bits per heavy atom. The maximum atomic E-state index is 12.0. The van der Waals surface area contributed by atoms with Gasteiger partial charge in [0.25, 0.3) is 0 Å². The summed E-state index contributed by atoms with van der Waals surface area (Å²) >= 11 is 6.04. The van der Waals surface area contributed by atoms with Crippen LogP contribution < -0.4 is 5.32 Å². The number of nitrogens with zero attached hydrogens (tertiary/aromatic N) is 2. The van der Waals surface area contributed by atoms with Crippen molar-refractivity contribution in [2.45, 2.75) is 0 Å². The van der Waals surface area contributed by atoms with Crippen LogP contribution in [0.2, 0.25) is 5.02 Å². The highest BCUT2D eigenvalue weighted by Crippen LogP contribution is 2.23. The van der Waals surface area contributed by atoms with Crippen molar-refractivity contribution in [3.05, 3.63) is 71.3 Å². The number of carbonyl (C=O) groups excluding carboxylic acids is 1. The van der Waals surface area contributed by atoms with E-state index >= 15 is 0 Å². The van der Waals surface area contributed by atoms with Gasteiger partial charge in [-0.3, -0.25) is 4.79 Å². The van der Waals surface area contributed by atoms with Crippen molar-refractivity contribution in [3.63, 3.8) is 0 Å². The number of anilines is 1. The first kappa shape index (κ1) is 15.0. The van der Waals surface area contributed by atoms with Crippen molar-refractivity contribution in [2.75, 3.05) is 5.32 Å². The van der Waals surface area contributed by atoms with Crippen LogP contribution in [0.1, 0.15) is 5.56 Å². The third-order valence-corrected chi connectivity index (χ3v) is 3.44. The number of halogens is 1. The van der Waals surface area contributed by atoms with Gasteiger partial charge in [0.2, 0.25) is 11.7 Å². The van der Waals surface area contributed by atoms with Crippen LogP contribution in [0.15, 0.2) is 65.3 Å². The van der Waals surface area contributed by atoms with Crippen LogP contribution in [-0.2, 0) is 4.79 Å². The number of benzene rings is 2. The molecule has 0 atom stereocenters. The molecular weight excluding hydrogens is 314 g/mol. The molecule has 0 spiro atoms. The molecule has 6 heteroatoms. The van der Waals surface area contributed by atoms with Crippen LogP contribution in [0.25, 0.3) is 17.3 Å². The summed E-state index contributed by atoms with van der Waals surface area (Å²) in [6, 6.07) is 16.6. The number of hydrogen-bond acceptors (Lipinski definition) is 4. The van der Waals surface area contributed by atoms with Crippen LogP contribution >= 0.6 is 11.6 Å². The standard InChI is InChI=1S/C17H12ClN3O2/c18-14-9-5-4-6-12(14)10-11-15(22)19-17-16(20-23-21-17)13-7-2-1-3-8-13/h1-11H,(H,19,21,22). The van der Waals surface area contributed by atoms with E-state index in [9.17, 15) is 4.79 Å². The molecule has 0 saturated heterocycles. The second-order valence-electron chi connectivity index (χ2n) is 4.67. The fourth-order valence-electron chi connectivity index (χ4n) is 1.99. The Morgan fingerprint density at radius 1 is 1.04 bits per heavy atom. The molecule has 0 radical (unpaired) electrons. The molecule has 1 amide bonds. The lowest BCUT2D eigenvalue weighted by molar-refractivity contribution is -0.111. The Morgan fingerprint density at radius 2 is 1.78 bits per heavy atom. The Balaban J connectivity index is 1.75. The summed E-state index contributed by atoms with van der Waals surface area (Å²) in [4.78, 5) is 12.0. The van der Waals surface area contributed by atoms with Gasteiger partial charge in [-0.2, -0.15) is 0 Å². The maximum absolute atomic E-state index is 12.0. The van der Waals surface area contributed by atoms with E-state index in [4.69, 9.17) is 16.2 Å². The molecule has 0 aliphatic rings. The van der Waals surface area contributed by atoms with E-state index in [2.05, 4.69) is 15.6 Å². The van der Waals surface area contributed by atoms with Crippen LogP contribution in [0.5, 0.6) is 0 Å². The number of aromatic nitrogens is 2. The van der Waals surface area contributed by atoms with Gasteiger partial charge in [0, 0.05) is 16.7 Å². The van der Waals surface area contributed by atoms with Crippen LogP contribution in [0, 0.1) is 0 Å². The summed E-state index contributed by atoms with van der Waals surface area (Å²) < 4.78 is 4.72. The van der Waals surface area contributed by atoms with Gasteiger partial charge < -0.3 is 5.32 Å². The second-order valence-corrected chi connectivity index (χ2v) is 5.08. The van der Waals surface area contributed by atoms with Gasteiger partial charge in [-0.1, -0.05) is 60.1 Å². The van der Waals surface area contributed by atoms with Gasteiger partial charge in [-0.05, 0) is 28.0 Å². The minimum Gasteiger partial charge on any atom is -0.302 e. The van der Waals surface area contributed by atoms with Gasteiger partial charge >= 0.3 is 0 Å². The average Bonchev–Trinajstić information content (AvgIpc) is 3.03. The molecule has 2 aromatic carbocycles. The first-order valence-corrected chi connectivity index (χ1v) is 7.23. The predicted octanol–water partition coefficient (Wildman–Crippen LogP) is 4.04. The van der Waals surface area contributed by atoms with Crippen molar-refractivity contribution in [1.82, 2.24) is 10.3 Å². The lowest BCUT2D eigenvalue weighted by atomic mass is 10.1. The van der Waals surface area contributed by atoms with E-state index in [0.717, 1.165) is 11.1 Å². The van der Waals surface area contributed by atoms with E-state index in [1.165, 1.54) is 6.08 Å². The van der Waals surface area contributed by atoms with E-state index in [-0.39, 0.29) is 11.7 Å². The normalized spacial score (nSPS) is 10.8. The molecule has 1 N–H and O–H groups in total. The second kappa shape index (κ2) is 6.89. The molecule has 1 aromatic heterocycles. The predicted molar refractivity (Wildman–Crippen MR) is 88.8 cm³/mol. The molecule has 0 aliphatic heterocycles. The summed E-state index contributed by atoms with van der Waals surface area (Å²) in [5.74, 6) is -0.0807. The number of rotatable bonds is 4. The third-order valence-electron chi connectivity index (χ3n) is 3.10. The SMILES string of the molecule is O=C(C=Cc1ccccc1Cl)Nc1nonc1-c1ccccc1. The van der Waals surface area contributed by atoms with Crippen LogP contribution in [0.3, 0.4) is 0 Å². The van der Waals surface area contributed by atoms with Gasteiger partial charge in [0.05, 0.1) is 0 Å². The monoisotopic (exact) mass is 325 g/mol. The highest BCUT2D eigenvalue weighted by atomic mass is 35.5. The van der Waals surface area contributed by atoms with E-state index < -0.39 is 0 Å². The van der Waals surface area contributed by atoms with Crippen molar-refractivity contribution in [3.8, 4) is 11.3 Å². The molecule has 5 nitrogen and oxygen atoms in total. The third kappa shape index (κ3) is 3.64. The molecule has 0 fully saturated rings. The number of nitrogens with one attached hydrogen (secondary N) is 1. The molecule has 0 saturated carbocycles. The largest absolute Gasteiger partial charge is 0.302 e. The molecule has 3 aromatic rings. The van der Waals surface area contributed by atoms with E-state index in [1.807, 2.05) is 48.5 Å². The van der Waals surface area contributed by atoms with Crippen LogP contribution in [-0.4, -0.2) is 16.2 Å². The summed E-state index contributed by atoms with van der Waals surface area (Å²) in [6.07, 6.45) is 3.01. The minimum atomic E-state index is -0.349. The Labute approximate surface area is 137 Å². The molecule has 3 rings (SSSR count). The highest BCUT2D eigenvalue weighted by Gasteiger charge is 2.13. The first-order valence-electron chi connectivity index (χ1n) is 6.85. The molecule has 23 heavy (non-hydrogen) atoms. The molecule has 0 bridgehead atoms. The van der Waals surface area contributed by atoms with E-state index in [1.54, 1.807) is 12.1 Å². The molecule has 0 unspecified atom stereocenters. The number of hydrogen-bond donors (Lipinski definition) is 1. The zero-order chi connectivity index (χ0) is 16.1.